The van der Waals surface area contributed by atoms with Crippen LogP contribution in [0.2, 0.25) is 0 Å². The van der Waals surface area contributed by atoms with E-state index in [0.29, 0.717) is 31.6 Å². The maximum absolute atomic E-state index is 12.5. The van der Waals surface area contributed by atoms with E-state index in [4.69, 9.17) is 9.47 Å². The predicted octanol–water partition coefficient (Wildman–Crippen LogP) is 3.20. The summed E-state index contributed by atoms with van der Waals surface area (Å²) in [4.78, 5) is 23.9. The van der Waals surface area contributed by atoms with Crippen LogP contribution < -0.4 is 10.6 Å². The molecule has 0 spiro atoms. The normalized spacial score (nSPS) is 16.8. The minimum atomic E-state index is -0.114. The topological polar surface area (TPSA) is 76.7 Å². The lowest BCUT2D eigenvalue weighted by atomic mass is 10.00. The molecule has 0 saturated carbocycles. The Morgan fingerprint density at radius 3 is 2.62 bits per heavy atom. The molecule has 1 fully saturated rings. The molecule has 0 aromatic heterocycles. The van der Waals surface area contributed by atoms with Crippen molar-refractivity contribution < 1.29 is 19.1 Å². The molecule has 2 aromatic carbocycles. The molecule has 6 nitrogen and oxygen atoms in total. The maximum atomic E-state index is 12.5. The molecule has 0 unspecified atom stereocenters. The first-order valence-electron chi connectivity index (χ1n) is 10.2. The van der Waals surface area contributed by atoms with Crippen LogP contribution in [0.3, 0.4) is 0 Å². The van der Waals surface area contributed by atoms with Gasteiger partial charge in [-0.2, -0.15) is 0 Å². The van der Waals surface area contributed by atoms with Gasteiger partial charge in [-0.1, -0.05) is 24.3 Å². The van der Waals surface area contributed by atoms with Crippen molar-refractivity contribution in [2.75, 3.05) is 18.5 Å². The third kappa shape index (κ3) is 5.22. The van der Waals surface area contributed by atoms with Crippen molar-refractivity contribution in [2.45, 2.75) is 44.9 Å². The number of carbonyl (C=O) groups excluding carboxylic acids is 2. The second kappa shape index (κ2) is 9.20. The molecule has 2 heterocycles. The average molecular weight is 394 g/mol. The summed E-state index contributed by atoms with van der Waals surface area (Å²) in [6.07, 6.45) is 3.33. The number of aryl methyl sites for hydroxylation is 1. The molecule has 2 aliphatic rings. The Morgan fingerprint density at radius 2 is 1.83 bits per heavy atom. The number of rotatable bonds is 6. The Bertz CT molecular complexity index is 873. The van der Waals surface area contributed by atoms with Gasteiger partial charge in [0.1, 0.15) is 0 Å². The number of amides is 2. The summed E-state index contributed by atoms with van der Waals surface area (Å²) in [5.41, 5.74) is 4.59. The summed E-state index contributed by atoms with van der Waals surface area (Å²) in [6, 6.07) is 13.5. The molecular weight excluding hydrogens is 368 g/mol. The lowest BCUT2D eigenvalue weighted by Gasteiger charge is -2.22. The van der Waals surface area contributed by atoms with E-state index in [1.54, 1.807) is 12.1 Å². The van der Waals surface area contributed by atoms with Gasteiger partial charge in [0, 0.05) is 37.4 Å². The number of hydrogen-bond donors (Lipinski definition) is 2. The third-order valence-electron chi connectivity index (χ3n) is 5.39. The summed E-state index contributed by atoms with van der Waals surface area (Å²) >= 11 is 0. The summed E-state index contributed by atoms with van der Waals surface area (Å²) in [5.74, 6) is -0.0899. The van der Waals surface area contributed by atoms with E-state index >= 15 is 0 Å². The number of ether oxygens (including phenoxy) is 2. The second-order valence-electron chi connectivity index (χ2n) is 7.54. The molecule has 0 bridgehead atoms. The number of hydrogen-bond acceptors (Lipinski definition) is 4. The summed E-state index contributed by atoms with van der Waals surface area (Å²) in [7, 11) is 0. The van der Waals surface area contributed by atoms with Gasteiger partial charge in [-0.05, 0) is 54.2 Å². The van der Waals surface area contributed by atoms with Gasteiger partial charge in [-0.15, -0.1) is 0 Å². The van der Waals surface area contributed by atoms with Crippen LogP contribution in [0.25, 0.3) is 0 Å². The SMILES string of the molecule is O=C1CCc2cc(C(=O)NCc3ccc(COC4CCOCC4)cc3)ccc2N1. The molecule has 2 aliphatic heterocycles. The first-order chi connectivity index (χ1) is 14.2. The molecular formula is C23H26N2O4. The number of carbonyl (C=O) groups is 2. The molecule has 0 radical (unpaired) electrons. The van der Waals surface area contributed by atoms with E-state index in [9.17, 15) is 9.59 Å². The van der Waals surface area contributed by atoms with E-state index in [-0.39, 0.29) is 17.9 Å². The van der Waals surface area contributed by atoms with Crippen LogP contribution in [0, 0.1) is 0 Å². The molecule has 1 saturated heterocycles. The molecule has 2 aromatic rings. The Labute approximate surface area is 170 Å². The van der Waals surface area contributed by atoms with Crippen molar-refractivity contribution in [3.05, 3.63) is 64.7 Å². The number of nitrogens with one attached hydrogen (secondary N) is 2. The van der Waals surface area contributed by atoms with E-state index in [0.717, 1.165) is 48.4 Å². The minimum absolute atomic E-state index is 0.0244. The fraction of sp³-hybridized carbons (Fsp3) is 0.391. The molecule has 6 heteroatoms. The van der Waals surface area contributed by atoms with Gasteiger partial charge < -0.3 is 20.1 Å². The van der Waals surface area contributed by atoms with Gasteiger partial charge in [0.2, 0.25) is 5.91 Å². The summed E-state index contributed by atoms with van der Waals surface area (Å²) in [6.45, 7) is 2.63. The molecule has 152 valence electrons. The van der Waals surface area contributed by atoms with Crippen LogP contribution in [-0.4, -0.2) is 31.1 Å². The number of fused-ring (bicyclic) bond motifs is 1. The second-order valence-corrected chi connectivity index (χ2v) is 7.54. The Kier molecular flexibility index (Phi) is 6.22. The highest BCUT2D eigenvalue weighted by Gasteiger charge is 2.17. The van der Waals surface area contributed by atoms with Gasteiger partial charge in [-0.25, -0.2) is 0 Å². The van der Waals surface area contributed by atoms with E-state index < -0.39 is 0 Å². The van der Waals surface area contributed by atoms with Gasteiger partial charge in [0.25, 0.3) is 5.91 Å². The van der Waals surface area contributed by atoms with Crippen LogP contribution in [-0.2, 0) is 33.8 Å². The maximum Gasteiger partial charge on any atom is 0.251 e. The van der Waals surface area contributed by atoms with Gasteiger partial charge in [0.15, 0.2) is 0 Å². The molecule has 2 N–H and O–H groups in total. The fourth-order valence-corrected chi connectivity index (χ4v) is 3.62. The molecule has 4 rings (SSSR count). The van der Waals surface area contributed by atoms with Crippen LogP contribution in [0.15, 0.2) is 42.5 Å². The van der Waals surface area contributed by atoms with E-state index in [2.05, 4.69) is 10.6 Å². The van der Waals surface area contributed by atoms with Crippen molar-refractivity contribution in [1.82, 2.24) is 5.32 Å². The third-order valence-corrected chi connectivity index (χ3v) is 5.39. The van der Waals surface area contributed by atoms with Crippen molar-refractivity contribution >= 4 is 17.5 Å². The quantitative estimate of drug-likeness (QED) is 0.789. The van der Waals surface area contributed by atoms with Crippen LogP contribution in [0.5, 0.6) is 0 Å². The Hall–Kier alpha value is -2.70. The highest BCUT2D eigenvalue weighted by Crippen LogP contribution is 2.23. The fourth-order valence-electron chi connectivity index (χ4n) is 3.62. The van der Waals surface area contributed by atoms with Gasteiger partial charge >= 0.3 is 0 Å². The standard InChI is InChI=1S/C23H26N2O4/c26-22-8-6-18-13-19(5-7-21(18)25-22)23(27)24-14-16-1-3-17(4-2-16)15-29-20-9-11-28-12-10-20/h1-5,7,13,20H,6,8-12,14-15H2,(H,24,27)(H,25,26). The first kappa shape index (κ1) is 19.6. The van der Waals surface area contributed by atoms with Crippen LogP contribution in [0.1, 0.15) is 46.3 Å². The van der Waals surface area contributed by atoms with E-state index in [1.165, 1.54) is 0 Å². The number of anilines is 1. The molecule has 29 heavy (non-hydrogen) atoms. The molecule has 0 atom stereocenters. The zero-order valence-corrected chi connectivity index (χ0v) is 16.4. The highest BCUT2D eigenvalue weighted by atomic mass is 16.5. The smallest absolute Gasteiger partial charge is 0.251 e. The van der Waals surface area contributed by atoms with Crippen molar-refractivity contribution in [3.63, 3.8) is 0 Å². The summed E-state index contributed by atoms with van der Waals surface area (Å²) in [5, 5.41) is 5.80. The molecule has 2 amide bonds. The lowest BCUT2D eigenvalue weighted by Crippen LogP contribution is -2.24. The van der Waals surface area contributed by atoms with Crippen molar-refractivity contribution in [2.24, 2.45) is 0 Å². The van der Waals surface area contributed by atoms with Crippen LogP contribution in [0.4, 0.5) is 5.69 Å². The Balaban J connectivity index is 1.27. The van der Waals surface area contributed by atoms with Gasteiger partial charge in [0.05, 0.1) is 12.7 Å². The zero-order valence-electron chi connectivity index (χ0n) is 16.4. The van der Waals surface area contributed by atoms with Crippen molar-refractivity contribution in [3.8, 4) is 0 Å². The molecule has 0 aliphatic carbocycles. The first-order valence-corrected chi connectivity index (χ1v) is 10.2. The van der Waals surface area contributed by atoms with E-state index in [1.807, 2.05) is 30.3 Å². The minimum Gasteiger partial charge on any atom is -0.381 e. The lowest BCUT2D eigenvalue weighted by molar-refractivity contribution is -0.116. The average Bonchev–Trinajstić information content (AvgIpc) is 2.77. The monoisotopic (exact) mass is 394 g/mol. The summed E-state index contributed by atoms with van der Waals surface area (Å²) < 4.78 is 11.3. The van der Waals surface area contributed by atoms with Gasteiger partial charge in [-0.3, -0.25) is 9.59 Å². The zero-order chi connectivity index (χ0) is 20.1. The highest BCUT2D eigenvalue weighted by molar-refractivity contribution is 5.97. The van der Waals surface area contributed by atoms with Crippen LogP contribution >= 0.6 is 0 Å². The Morgan fingerprint density at radius 1 is 1.07 bits per heavy atom. The number of benzene rings is 2. The largest absolute Gasteiger partial charge is 0.381 e. The van der Waals surface area contributed by atoms with Crippen molar-refractivity contribution in [1.29, 1.82) is 0 Å². The predicted molar refractivity (Wildman–Crippen MR) is 110 cm³/mol.